The van der Waals surface area contributed by atoms with Crippen molar-refractivity contribution < 1.29 is 28.8 Å². The lowest BCUT2D eigenvalue weighted by Crippen LogP contribution is -2.61. The normalized spacial score (nSPS) is 41.2. The topological polar surface area (TPSA) is 66.4 Å². The van der Waals surface area contributed by atoms with E-state index in [0.29, 0.717) is 0 Å². The second-order valence-corrected chi connectivity index (χ2v) is 7.12. The first-order valence-corrected chi connectivity index (χ1v) is 8.40. The lowest BCUT2D eigenvalue weighted by molar-refractivity contribution is -0.313. The molecule has 0 radical (unpaired) electrons. The van der Waals surface area contributed by atoms with Crippen LogP contribution in [0.3, 0.4) is 0 Å². The maximum Gasteiger partial charge on any atom is 0.187 e. The molecule has 6 heteroatoms. The maximum absolute atomic E-state index is 10.4. The predicted molar refractivity (Wildman–Crippen MR) is 83.9 cm³/mol. The zero-order chi connectivity index (χ0) is 16.9. The number of aliphatic hydroxyl groups is 1. The standard InChI is InChI=1S/C18H24O6/c1-17(2)22-13-14(23-17)18(24-16(13)20-3)10-9-12(18)21-15(19)11-7-5-4-6-8-11/h4-8,12-16,19H,9-10H2,1-3H3/t12-,13?,14?,15?,16?,18+/m0/s1. The summed E-state index contributed by atoms with van der Waals surface area (Å²) in [5.41, 5.74) is 0.0933. The van der Waals surface area contributed by atoms with Crippen LogP contribution in [0.2, 0.25) is 0 Å². The fourth-order valence-corrected chi connectivity index (χ4v) is 3.94. The summed E-state index contributed by atoms with van der Waals surface area (Å²) in [5.74, 6) is -0.679. The molecule has 1 aromatic carbocycles. The van der Waals surface area contributed by atoms with Gasteiger partial charge in [-0.1, -0.05) is 30.3 Å². The molecule has 3 fully saturated rings. The van der Waals surface area contributed by atoms with Gasteiger partial charge in [0.25, 0.3) is 0 Å². The van der Waals surface area contributed by atoms with Crippen LogP contribution in [0.5, 0.6) is 0 Å². The van der Waals surface area contributed by atoms with E-state index in [1.165, 1.54) is 0 Å². The van der Waals surface area contributed by atoms with Gasteiger partial charge in [-0.25, -0.2) is 0 Å². The SMILES string of the molecule is COC1O[C@@]2(CC[C@@H]2OC(O)c2ccccc2)C2OC(C)(C)OC12. The minimum absolute atomic E-state index is 0.265. The lowest BCUT2D eigenvalue weighted by atomic mass is 9.72. The highest BCUT2D eigenvalue weighted by atomic mass is 16.8. The number of ether oxygens (including phenoxy) is 5. The van der Waals surface area contributed by atoms with Crippen molar-refractivity contribution in [3.63, 3.8) is 0 Å². The molecule has 1 saturated carbocycles. The Morgan fingerprint density at radius 1 is 1.17 bits per heavy atom. The Labute approximate surface area is 141 Å². The van der Waals surface area contributed by atoms with Crippen LogP contribution in [0.15, 0.2) is 30.3 Å². The first-order valence-electron chi connectivity index (χ1n) is 8.40. The van der Waals surface area contributed by atoms with Crippen molar-refractivity contribution in [2.45, 2.75) is 69.0 Å². The van der Waals surface area contributed by atoms with Gasteiger partial charge in [-0.15, -0.1) is 0 Å². The molecule has 2 saturated heterocycles. The number of fused-ring (bicyclic) bond motifs is 2. The van der Waals surface area contributed by atoms with Crippen molar-refractivity contribution in [1.29, 1.82) is 0 Å². The van der Waals surface area contributed by atoms with E-state index in [1.54, 1.807) is 7.11 Å². The molecular weight excluding hydrogens is 312 g/mol. The summed E-state index contributed by atoms with van der Waals surface area (Å²) in [6.07, 6.45) is -0.709. The Bertz CT molecular complexity index is 590. The van der Waals surface area contributed by atoms with Gasteiger partial charge in [0.05, 0.1) is 6.10 Å². The van der Waals surface area contributed by atoms with E-state index in [-0.39, 0.29) is 18.3 Å². The van der Waals surface area contributed by atoms with Gasteiger partial charge in [-0.05, 0) is 26.7 Å². The van der Waals surface area contributed by atoms with Crippen molar-refractivity contribution in [3.05, 3.63) is 35.9 Å². The molecule has 4 rings (SSSR count). The quantitative estimate of drug-likeness (QED) is 0.850. The van der Waals surface area contributed by atoms with Crippen LogP contribution >= 0.6 is 0 Å². The summed E-state index contributed by atoms with van der Waals surface area (Å²) in [7, 11) is 1.60. The van der Waals surface area contributed by atoms with Crippen LogP contribution in [-0.2, 0) is 23.7 Å². The highest BCUT2D eigenvalue weighted by molar-refractivity contribution is 5.18. The molecule has 1 N–H and O–H groups in total. The molecule has 0 bridgehead atoms. The van der Waals surface area contributed by atoms with Crippen molar-refractivity contribution >= 4 is 0 Å². The Balaban J connectivity index is 1.53. The minimum Gasteiger partial charge on any atom is -0.364 e. The predicted octanol–water partition coefficient (Wildman–Crippen LogP) is 2.12. The Morgan fingerprint density at radius 3 is 2.54 bits per heavy atom. The molecular formula is C18H24O6. The van der Waals surface area contributed by atoms with Crippen molar-refractivity contribution in [2.24, 2.45) is 0 Å². The zero-order valence-electron chi connectivity index (χ0n) is 14.2. The first kappa shape index (κ1) is 16.4. The van der Waals surface area contributed by atoms with E-state index in [9.17, 15) is 5.11 Å². The Morgan fingerprint density at radius 2 is 1.92 bits per heavy atom. The van der Waals surface area contributed by atoms with Crippen LogP contribution in [0.4, 0.5) is 0 Å². The van der Waals surface area contributed by atoms with Crippen molar-refractivity contribution in [1.82, 2.24) is 0 Å². The van der Waals surface area contributed by atoms with Gasteiger partial charge in [0.1, 0.15) is 17.8 Å². The summed E-state index contributed by atoms with van der Waals surface area (Å²) in [4.78, 5) is 0. The van der Waals surface area contributed by atoms with Crippen molar-refractivity contribution in [3.8, 4) is 0 Å². The number of benzene rings is 1. The van der Waals surface area contributed by atoms with Crippen LogP contribution in [-0.4, -0.2) is 48.2 Å². The third-order valence-corrected chi connectivity index (χ3v) is 5.17. The fraction of sp³-hybridized carbons (Fsp3) is 0.667. The van der Waals surface area contributed by atoms with E-state index in [2.05, 4.69) is 0 Å². The van der Waals surface area contributed by atoms with E-state index in [0.717, 1.165) is 18.4 Å². The number of hydrogen-bond donors (Lipinski definition) is 1. The van der Waals surface area contributed by atoms with Gasteiger partial charge in [-0.3, -0.25) is 0 Å². The highest BCUT2D eigenvalue weighted by Crippen LogP contribution is 2.54. The van der Waals surface area contributed by atoms with Crippen LogP contribution in [0, 0.1) is 0 Å². The molecule has 2 aliphatic heterocycles. The van der Waals surface area contributed by atoms with Crippen LogP contribution in [0.25, 0.3) is 0 Å². The third-order valence-electron chi connectivity index (χ3n) is 5.17. The average Bonchev–Trinajstić information content (AvgIpc) is 3.04. The Hall–Kier alpha value is -1.02. The average molecular weight is 336 g/mol. The summed E-state index contributed by atoms with van der Waals surface area (Å²) >= 11 is 0. The van der Waals surface area contributed by atoms with Crippen molar-refractivity contribution in [2.75, 3.05) is 7.11 Å². The number of hydrogen-bond acceptors (Lipinski definition) is 6. The second-order valence-electron chi connectivity index (χ2n) is 7.12. The largest absolute Gasteiger partial charge is 0.364 e. The van der Waals surface area contributed by atoms with Gasteiger partial charge in [0.2, 0.25) is 0 Å². The molecule has 3 aliphatic rings. The third kappa shape index (κ3) is 2.49. The second kappa shape index (κ2) is 5.76. The van der Waals surface area contributed by atoms with E-state index < -0.39 is 24.0 Å². The molecule has 1 aliphatic carbocycles. The highest BCUT2D eigenvalue weighted by Gasteiger charge is 2.69. The fourth-order valence-electron chi connectivity index (χ4n) is 3.94. The monoisotopic (exact) mass is 336 g/mol. The van der Waals surface area contributed by atoms with Gasteiger partial charge in [0.15, 0.2) is 18.4 Å². The number of aliphatic hydroxyl groups excluding tert-OH is 1. The Kier molecular flexibility index (Phi) is 3.95. The zero-order valence-corrected chi connectivity index (χ0v) is 14.2. The smallest absolute Gasteiger partial charge is 0.187 e. The van der Waals surface area contributed by atoms with Gasteiger partial charge in [-0.2, -0.15) is 0 Å². The van der Waals surface area contributed by atoms with Crippen LogP contribution < -0.4 is 0 Å². The molecule has 1 aromatic rings. The van der Waals surface area contributed by atoms with E-state index >= 15 is 0 Å². The molecule has 0 amide bonds. The molecule has 4 unspecified atom stereocenters. The molecule has 6 atom stereocenters. The van der Waals surface area contributed by atoms with Gasteiger partial charge < -0.3 is 28.8 Å². The summed E-state index contributed by atoms with van der Waals surface area (Å²) in [5, 5.41) is 10.4. The summed E-state index contributed by atoms with van der Waals surface area (Å²) in [6.45, 7) is 3.78. The van der Waals surface area contributed by atoms with Gasteiger partial charge in [0, 0.05) is 12.7 Å². The summed E-state index contributed by atoms with van der Waals surface area (Å²) < 4.78 is 29.5. The van der Waals surface area contributed by atoms with Gasteiger partial charge >= 0.3 is 0 Å². The molecule has 24 heavy (non-hydrogen) atoms. The molecule has 1 spiro atoms. The van der Waals surface area contributed by atoms with E-state index in [4.69, 9.17) is 23.7 Å². The number of methoxy groups -OCH3 is 1. The first-order chi connectivity index (χ1) is 11.5. The minimum atomic E-state index is -0.993. The molecule has 6 nitrogen and oxygen atoms in total. The van der Waals surface area contributed by atoms with Crippen LogP contribution in [0.1, 0.15) is 38.5 Å². The van der Waals surface area contributed by atoms with E-state index in [1.807, 2.05) is 44.2 Å². The lowest BCUT2D eigenvalue weighted by Gasteiger charge is -2.48. The molecule has 0 aromatic heterocycles. The maximum atomic E-state index is 10.4. The molecule has 2 heterocycles. The molecule has 132 valence electrons. The number of rotatable bonds is 4. The summed E-state index contributed by atoms with van der Waals surface area (Å²) in [6, 6.07) is 9.33.